The highest BCUT2D eigenvalue weighted by molar-refractivity contribution is 7.17. The largest absolute Gasteiger partial charge is 0.478 e. The van der Waals surface area contributed by atoms with Gasteiger partial charge in [0.05, 0.1) is 15.5 Å². The Balaban J connectivity index is 2.22. The zero-order valence-corrected chi connectivity index (χ0v) is 12.2. The van der Waals surface area contributed by atoms with Crippen molar-refractivity contribution in [1.29, 1.82) is 0 Å². The normalized spacial score (nSPS) is 14.4. The third-order valence-corrected chi connectivity index (χ3v) is 4.44. The van der Waals surface area contributed by atoms with Crippen LogP contribution in [0.1, 0.15) is 20.8 Å². The molecule has 0 saturated carbocycles. The lowest BCUT2D eigenvalue weighted by Gasteiger charge is -2.06. The number of hydrogen-bond donors (Lipinski definition) is 1. The number of ether oxygens (including phenoxy) is 1. The predicted octanol–water partition coefficient (Wildman–Crippen LogP) is 3.57. The Bertz CT molecular complexity index is 775. The third-order valence-electron chi connectivity index (χ3n) is 3.15. The van der Waals surface area contributed by atoms with Gasteiger partial charge in [-0.05, 0) is 18.2 Å². The standard InChI is InChI=1S/C15H9ClO4S/c16-12-6-5-11(21-12)10-7-20-15(19)13(10)8-3-1-2-4-9(8)14(17)18/h1-6H,7H2,(H,17,18). The van der Waals surface area contributed by atoms with E-state index in [2.05, 4.69) is 0 Å². The summed E-state index contributed by atoms with van der Waals surface area (Å²) in [6, 6.07) is 9.93. The summed E-state index contributed by atoms with van der Waals surface area (Å²) in [5.41, 5.74) is 1.41. The highest BCUT2D eigenvalue weighted by Crippen LogP contribution is 2.38. The Hall–Kier alpha value is -2.11. The Labute approximate surface area is 129 Å². The van der Waals surface area contributed by atoms with Crippen molar-refractivity contribution in [2.75, 3.05) is 6.61 Å². The number of carbonyl (C=O) groups is 2. The Morgan fingerprint density at radius 3 is 2.67 bits per heavy atom. The van der Waals surface area contributed by atoms with Gasteiger partial charge in [-0.3, -0.25) is 0 Å². The van der Waals surface area contributed by atoms with Crippen LogP contribution in [0.2, 0.25) is 4.34 Å². The summed E-state index contributed by atoms with van der Waals surface area (Å²) >= 11 is 7.25. The van der Waals surface area contributed by atoms with Crippen molar-refractivity contribution in [3.8, 4) is 0 Å². The van der Waals surface area contributed by atoms with Crippen molar-refractivity contribution >= 4 is 46.0 Å². The number of carboxylic acid groups (broad SMARTS) is 1. The average Bonchev–Trinajstić information content (AvgIpc) is 3.04. The van der Waals surface area contributed by atoms with E-state index in [1.54, 1.807) is 30.3 Å². The minimum Gasteiger partial charge on any atom is -0.478 e. The molecule has 4 nitrogen and oxygen atoms in total. The van der Waals surface area contributed by atoms with Gasteiger partial charge in [-0.25, -0.2) is 9.59 Å². The molecule has 1 aromatic heterocycles. The van der Waals surface area contributed by atoms with Gasteiger partial charge in [0.2, 0.25) is 0 Å². The molecule has 0 radical (unpaired) electrons. The molecule has 3 rings (SSSR count). The van der Waals surface area contributed by atoms with E-state index >= 15 is 0 Å². The van der Waals surface area contributed by atoms with Crippen molar-refractivity contribution in [2.45, 2.75) is 0 Å². The summed E-state index contributed by atoms with van der Waals surface area (Å²) in [5.74, 6) is -1.59. The lowest BCUT2D eigenvalue weighted by atomic mass is 9.96. The van der Waals surface area contributed by atoms with Gasteiger partial charge >= 0.3 is 11.9 Å². The summed E-state index contributed by atoms with van der Waals surface area (Å²) in [5, 5.41) is 9.28. The molecule has 106 valence electrons. The van der Waals surface area contributed by atoms with Crippen LogP contribution in [0.15, 0.2) is 36.4 Å². The molecule has 0 amide bonds. The second-order valence-electron chi connectivity index (χ2n) is 4.38. The molecule has 0 fully saturated rings. The number of carboxylic acids is 1. The van der Waals surface area contributed by atoms with Crippen LogP contribution in [-0.2, 0) is 9.53 Å². The van der Waals surface area contributed by atoms with Crippen molar-refractivity contribution in [3.63, 3.8) is 0 Å². The molecular weight excluding hydrogens is 312 g/mol. The fraction of sp³-hybridized carbons (Fsp3) is 0.0667. The molecule has 2 heterocycles. The van der Waals surface area contributed by atoms with E-state index < -0.39 is 11.9 Å². The van der Waals surface area contributed by atoms with Gasteiger partial charge in [0, 0.05) is 16.0 Å². The molecule has 0 spiro atoms. The van der Waals surface area contributed by atoms with Crippen molar-refractivity contribution in [1.82, 2.24) is 0 Å². The van der Waals surface area contributed by atoms with Crippen LogP contribution < -0.4 is 0 Å². The molecule has 0 aliphatic carbocycles. The molecule has 6 heteroatoms. The predicted molar refractivity (Wildman–Crippen MR) is 80.5 cm³/mol. The van der Waals surface area contributed by atoms with Crippen LogP contribution in [0, 0.1) is 0 Å². The highest BCUT2D eigenvalue weighted by Gasteiger charge is 2.30. The van der Waals surface area contributed by atoms with Gasteiger partial charge in [0.15, 0.2) is 0 Å². The topological polar surface area (TPSA) is 63.6 Å². The molecule has 2 aromatic rings. The lowest BCUT2D eigenvalue weighted by Crippen LogP contribution is -2.06. The number of halogens is 1. The summed E-state index contributed by atoms with van der Waals surface area (Å²) in [6.07, 6.45) is 0. The van der Waals surface area contributed by atoms with Gasteiger partial charge in [0.25, 0.3) is 0 Å². The Morgan fingerprint density at radius 1 is 1.24 bits per heavy atom. The van der Waals surface area contributed by atoms with Crippen LogP contribution in [0.3, 0.4) is 0 Å². The Morgan fingerprint density at radius 2 is 2.00 bits per heavy atom. The van der Waals surface area contributed by atoms with E-state index in [9.17, 15) is 14.7 Å². The van der Waals surface area contributed by atoms with Crippen molar-refractivity contribution in [3.05, 3.63) is 56.7 Å². The quantitative estimate of drug-likeness (QED) is 0.878. The lowest BCUT2D eigenvalue weighted by molar-refractivity contribution is -0.133. The van der Waals surface area contributed by atoms with Crippen molar-refractivity contribution in [2.24, 2.45) is 0 Å². The summed E-state index contributed by atoms with van der Waals surface area (Å²) in [6.45, 7) is 0.124. The number of esters is 1. The van der Waals surface area contributed by atoms with Crippen LogP contribution in [0.25, 0.3) is 11.1 Å². The van der Waals surface area contributed by atoms with Gasteiger partial charge < -0.3 is 9.84 Å². The van der Waals surface area contributed by atoms with Crippen molar-refractivity contribution < 1.29 is 19.4 Å². The maximum Gasteiger partial charge on any atom is 0.339 e. The van der Waals surface area contributed by atoms with Crippen LogP contribution in [-0.4, -0.2) is 23.7 Å². The van der Waals surface area contributed by atoms with Crippen LogP contribution >= 0.6 is 22.9 Å². The van der Waals surface area contributed by atoms with E-state index in [-0.39, 0.29) is 12.2 Å². The number of cyclic esters (lactones) is 1. The summed E-state index contributed by atoms with van der Waals surface area (Å²) in [4.78, 5) is 24.2. The average molecular weight is 321 g/mol. The maximum absolute atomic E-state index is 12.0. The molecule has 0 unspecified atom stereocenters. The van der Waals surface area contributed by atoms with Gasteiger partial charge in [0.1, 0.15) is 6.61 Å². The Kier molecular flexibility index (Phi) is 3.53. The number of carbonyl (C=O) groups excluding carboxylic acids is 1. The monoisotopic (exact) mass is 320 g/mol. The second-order valence-corrected chi connectivity index (χ2v) is 6.10. The van der Waals surface area contributed by atoms with E-state index in [0.29, 0.717) is 21.0 Å². The van der Waals surface area contributed by atoms with Crippen LogP contribution in [0.4, 0.5) is 0 Å². The van der Waals surface area contributed by atoms with E-state index in [1.165, 1.54) is 17.4 Å². The third kappa shape index (κ3) is 2.46. The molecule has 21 heavy (non-hydrogen) atoms. The van der Waals surface area contributed by atoms with Gasteiger partial charge in [-0.15, -0.1) is 11.3 Å². The SMILES string of the molecule is O=C1OCC(c2ccc(Cl)s2)=C1c1ccccc1C(=O)O. The van der Waals surface area contributed by atoms with Crippen LogP contribution in [0.5, 0.6) is 0 Å². The van der Waals surface area contributed by atoms with Gasteiger partial charge in [-0.2, -0.15) is 0 Å². The fourth-order valence-corrected chi connectivity index (χ4v) is 3.31. The number of thiophene rings is 1. The zero-order chi connectivity index (χ0) is 15.0. The first-order valence-electron chi connectivity index (χ1n) is 6.06. The number of benzene rings is 1. The molecule has 1 aromatic carbocycles. The minimum atomic E-state index is -1.08. The zero-order valence-electron chi connectivity index (χ0n) is 10.6. The number of hydrogen-bond acceptors (Lipinski definition) is 4. The maximum atomic E-state index is 12.0. The van der Waals surface area contributed by atoms with E-state index in [4.69, 9.17) is 16.3 Å². The molecule has 0 atom stereocenters. The molecule has 1 aliphatic heterocycles. The molecule has 1 aliphatic rings. The van der Waals surface area contributed by atoms with E-state index in [1.807, 2.05) is 0 Å². The minimum absolute atomic E-state index is 0.0755. The first-order chi connectivity index (χ1) is 10.1. The highest BCUT2D eigenvalue weighted by atomic mass is 35.5. The molecule has 0 bridgehead atoms. The second kappa shape index (κ2) is 5.35. The fourth-order valence-electron chi connectivity index (χ4n) is 2.24. The van der Waals surface area contributed by atoms with Gasteiger partial charge in [-0.1, -0.05) is 29.8 Å². The molecule has 1 N–H and O–H groups in total. The number of rotatable bonds is 3. The first kappa shape index (κ1) is 13.9. The first-order valence-corrected chi connectivity index (χ1v) is 7.26. The molecule has 0 saturated heterocycles. The number of aromatic carboxylic acids is 1. The van der Waals surface area contributed by atoms with E-state index in [0.717, 1.165) is 4.88 Å². The summed E-state index contributed by atoms with van der Waals surface area (Å²) < 4.78 is 5.69. The smallest absolute Gasteiger partial charge is 0.339 e. The molecular formula is C15H9ClO4S. The summed E-state index contributed by atoms with van der Waals surface area (Å²) in [7, 11) is 0.